The van der Waals surface area contributed by atoms with E-state index < -0.39 is 0 Å². The largest absolute Gasteiger partial charge is 0.484 e. The van der Waals surface area contributed by atoms with E-state index in [1.54, 1.807) is 6.07 Å². The Kier molecular flexibility index (Phi) is 6.42. The number of hydrogen-bond acceptors (Lipinski definition) is 4. The Labute approximate surface area is 178 Å². The van der Waals surface area contributed by atoms with Gasteiger partial charge < -0.3 is 19.5 Å². The van der Waals surface area contributed by atoms with E-state index in [9.17, 15) is 9.59 Å². The molecule has 0 spiro atoms. The van der Waals surface area contributed by atoms with Gasteiger partial charge in [-0.1, -0.05) is 13.8 Å². The van der Waals surface area contributed by atoms with Crippen molar-refractivity contribution < 1.29 is 9.53 Å². The van der Waals surface area contributed by atoms with E-state index in [4.69, 9.17) is 4.74 Å². The summed E-state index contributed by atoms with van der Waals surface area (Å²) in [5.74, 6) is 1.38. The molecule has 162 valence electrons. The van der Waals surface area contributed by atoms with Crippen LogP contribution in [0.3, 0.4) is 0 Å². The van der Waals surface area contributed by atoms with Crippen LogP contribution in [0.1, 0.15) is 51.0 Å². The molecule has 2 fully saturated rings. The number of carbonyl (C=O) groups is 1. The highest BCUT2D eigenvalue weighted by atomic mass is 16.5. The van der Waals surface area contributed by atoms with Gasteiger partial charge in [-0.15, -0.1) is 0 Å². The Morgan fingerprint density at radius 1 is 1.20 bits per heavy atom. The lowest BCUT2D eigenvalue weighted by molar-refractivity contribution is -0.123. The molecule has 0 atom stereocenters. The van der Waals surface area contributed by atoms with Crippen LogP contribution in [0.25, 0.3) is 10.9 Å². The van der Waals surface area contributed by atoms with Crippen molar-refractivity contribution in [3.05, 3.63) is 40.2 Å². The molecule has 1 aliphatic heterocycles. The van der Waals surface area contributed by atoms with Crippen LogP contribution >= 0.6 is 0 Å². The minimum Gasteiger partial charge on any atom is -0.484 e. The number of benzene rings is 1. The summed E-state index contributed by atoms with van der Waals surface area (Å²) in [5.41, 5.74) is 2.02. The molecule has 0 bridgehead atoms. The first-order valence-corrected chi connectivity index (χ1v) is 11.3. The Balaban J connectivity index is 1.44. The molecule has 1 amide bonds. The van der Waals surface area contributed by atoms with Gasteiger partial charge in [-0.2, -0.15) is 0 Å². The summed E-state index contributed by atoms with van der Waals surface area (Å²) in [4.78, 5) is 27.3. The number of hydrogen-bond donors (Lipinski definition) is 1. The van der Waals surface area contributed by atoms with Crippen LogP contribution in [-0.2, 0) is 11.3 Å². The maximum absolute atomic E-state index is 12.8. The highest BCUT2D eigenvalue weighted by Gasteiger charge is 2.24. The van der Waals surface area contributed by atoms with E-state index in [1.165, 1.54) is 25.7 Å². The van der Waals surface area contributed by atoms with Crippen LogP contribution in [0.5, 0.6) is 5.75 Å². The first kappa shape index (κ1) is 20.9. The van der Waals surface area contributed by atoms with E-state index in [0.29, 0.717) is 18.2 Å². The second-order valence-corrected chi connectivity index (χ2v) is 9.01. The number of nitrogens with one attached hydrogen (secondary N) is 1. The molecule has 1 saturated heterocycles. The van der Waals surface area contributed by atoms with Gasteiger partial charge in [0.05, 0.1) is 5.52 Å². The second kappa shape index (κ2) is 9.21. The average molecular weight is 412 g/mol. The molecule has 0 radical (unpaired) electrons. The van der Waals surface area contributed by atoms with Crippen LogP contribution in [0.2, 0.25) is 0 Å². The van der Waals surface area contributed by atoms with Gasteiger partial charge in [0.1, 0.15) is 5.75 Å². The zero-order valence-electron chi connectivity index (χ0n) is 18.2. The molecule has 1 aliphatic carbocycles. The molecule has 2 aliphatic rings. The third kappa shape index (κ3) is 5.04. The first-order chi connectivity index (χ1) is 14.5. The van der Waals surface area contributed by atoms with Gasteiger partial charge in [-0.25, -0.2) is 0 Å². The summed E-state index contributed by atoms with van der Waals surface area (Å²) in [6, 6.07) is 7.62. The van der Waals surface area contributed by atoms with Gasteiger partial charge >= 0.3 is 0 Å². The average Bonchev–Trinajstić information content (AvgIpc) is 3.40. The molecule has 30 heavy (non-hydrogen) atoms. The molecular weight excluding hydrogens is 378 g/mol. The lowest BCUT2D eigenvalue weighted by Crippen LogP contribution is -2.35. The van der Waals surface area contributed by atoms with Gasteiger partial charge in [-0.05, 0) is 68.3 Å². The molecular formula is C24H33N3O3. The Hall–Kier alpha value is -2.34. The van der Waals surface area contributed by atoms with Crippen molar-refractivity contribution in [2.45, 2.75) is 52.0 Å². The predicted molar refractivity (Wildman–Crippen MR) is 119 cm³/mol. The molecule has 1 saturated carbocycles. The summed E-state index contributed by atoms with van der Waals surface area (Å²) in [5, 5.41) is 4.03. The lowest BCUT2D eigenvalue weighted by atomic mass is 9.98. The maximum Gasteiger partial charge on any atom is 0.257 e. The van der Waals surface area contributed by atoms with Crippen LogP contribution in [0.4, 0.5) is 0 Å². The number of amides is 1. The zero-order valence-corrected chi connectivity index (χ0v) is 18.2. The number of fused-ring (bicyclic) bond motifs is 1. The molecule has 2 heterocycles. The van der Waals surface area contributed by atoms with Crippen LogP contribution in [0, 0.1) is 5.92 Å². The van der Waals surface area contributed by atoms with Gasteiger partial charge in [0, 0.05) is 37.2 Å². The topological polar surface area (TPSA) is 63.6 Å². The summed E-state index contributed by atoms with van der Waals surface area (Å²) in [7, 11) is 0. The summed E-state index contributed by atoms with van der Waals surface area (Å²) < 4.78 is 7.65. The fraction of sp³-hybridized carbons (Fsp3) is 0.583. The van der Waals surface area contributed by atoms with E-state index in [-0.39, 0.29) is 24.0 Å². The van der Waals surface area contributed by atoms with Crippen molar-refractivity contribution in [3.63, 3.8) is 0 Å². The van der Waals surface area contributed by atoms with Crippen molar-refractivity contribution >= 4 is 16.8 Å². The standard InChI is InChI=1S/C24H33N3O3/c1-17(2)21-14-24(29)27(15-18-5-6-18)22-13-19(7-8-20(21)22)30-16-23(28)25-9-12-26-10-3-4-11-26/h7-8,13-14,17-18H,3-6,9-12,15-16H2,1-2H3,(H,25,28). The predicted octanol–water partition coefficient (Wildman–Crippen LogP) is 3.13. The van der Waals surface area contributed by atoms with Crippen LogP contribution in [0.15, 0.2) is 29.1 Å². The summed E-state index contributed by atoms with van der Waals surface area (Å²) in [6.45, 7) is 8.77. The monoisotopic (exact) mass is 411 g/mol. The number of nitrogens with zero attached hydrogens (tertiary/aromatic N) is 2. The fourth-order valence-electron chi connectivity index (χ4n) is 4.26. The third-order valence-corrected chi connectivity index (χ3v) is 6.19. The molecule has 1 aromatic carbocycles. The molecule has 1 aromatic heterocycles. The Bertz CT molecular complexity index is 956. The normalized spacial score (nSPS) is 17.0. The quantitative estimate of drug-likeness (QED) is 0.689. The first-order valence-electron chi connectivity index (χ1n) is 11.3. The van der Waals surface area contributed by atoms with Crippen LogP contribution < -0.4 is 15.6 Å². The minimum atomic E-state index is -0.111. The van der Waals surface area contributed by atoms with Crippen molar-refractivity contribution in [1.82, 2.24) is 14.8 Å². The number of likely N-dealkylation sites (tertiary alicyclic amines) is 1. The highest BCUT2D eigenvalue weighted by Crippen LogP contribution is 2.33. The van der Waals surface area contributed by atoms with E-state index in [0.717, 1.165) is 42.6 Å². The molecule has 6 heteroatoms. The van der Waals surface area contributed by atoms with Crippen molar-refractivity contribution in [3.8, 4) is 5.75 Å². The van der Waals surface area contributed by atoms with Crippen LogP contribution in [-0.4, -0.2) is 48.2 Å². The maximum atomic E-state index is 12.8. The van der Waals surface area contributed by atoms with Gasteiger partial charge in [0.2, 0.25) is 0 Å². The zero-order chi connectivity index (χ0) is 21.1. The number of carbonyl (C=O) groups excluding carboxylic acids is 1. The molecule has 2 aromatic rings. The third-order valence-electron chi connectivity index (χ3n) is 6.19. The van der Waals surface area contributed by atoms with Gasteiger partial charge in [0.15, 0.2) is 6.61 Å². The van der Waals surface area contributed by atoms with Crippen molar-refractivity contribution in [2.75, 3.05) is 32.8 Å². The van der Waals surface area contributed by atoms with E-state index in [1.807, 2.05) is 22.8 Å². The van der Waals surface area contributed by atoms with E-state index in [2.05, 4.69) is 24.1 Å². The number of rotatable bonds is 9. The number of ether oxygens (including phenoxy) is 1. The second-order valence-electron chi connectivity index (χ2n) is 9.01. The molecule has 4 rings (SSSR count). The smallest absolute Gasteiger partial charge is 0.257 e. The molecule has 1 N–H and O–H groups in total. The lowest BCUT2D eigenvalue weighted by Gasteiger charge is -2.17. The summed E-state index contributed by atoms with van der Waals surface area (Å²) in [6.07, 6.45) is 4.88. The Morgan fingerprint density at radius 3 is 2.67 bits per heavy atom. The highest BCUT2D eigenvalue weighted by molar-refractivity contribution is 5.84. The summed E-state index contributed by atoms with van der Waals surface area (Å²) >= 11 is 0. The SMILES string of the molecule is CC(C)c1cc(=O)n(CC2CC2)c2cc(OCC(=O)NCCN3CCCC3)ccc12. The minimum absolute atomic E-state index is 0.0117. The fourth-order valence-corrected chi connectivity index (χ4v) is 4.26. The van der Waals surface area contributed by atoms with Crippen molar-refractivity contribution in [1.29, 1.82) is 0 Å². The Morgan fingerprint density at radius 2 is 1.97 bits per heavy atom. The number of aromatic nitrogens is 1. The molecule has 0 unspecified atom stereocenters. The number of pyridine rings is 1. The molecule has 6 nitrogen and oxygen atoms in total. The van der Waals surface area contributed by atoms with Gasteiger partial charge in [0.25, 0.3) is 11.5 Å². The van der Waals surface area contributed by atoms with Crippen molar-refractivity contribution in [2.24, 2.45) is 5.92 Å². The van der Waals surface area contributed by atoms with E-state index >= 15 is 0 Å². The van der Waals surface area contributed by atoms with Gasteiger partial charge in [-0.3, -0.25) is 9.59 Å².